The summed E-state index contributed by atoms with van der Waals surface area (Å²) in [5, 5.41) is 2.85. The maximum Gasteiger partial charge on any atom is 0.270 e. The van der Waals surface area contributed by atoms with Crippen molar-refractivity contribution < 1.29 is 9.18 Å². The van der Waals surface area contributed by atoms with Crippen molar-refractivity contribution in [1.29, 1.82) is 0 Å². The third kappa shape index (κ3) is 5.36. The first-order valence-corrected chi connectivity index (χ1v) is 9.29. The molecule has 5 nitrogen and oxygen atoms in total. The third-order valence-electron chi connectivity index (χ3n) is 4.42. The van der Waals surface area contributed by atoms with Gasteiger partial charge in [0.05, 0.1) is 0 Å². The van der Waals surface area contributed by atoms with Crippen molar-refractivity contribution in [2.75, 3.05) is 18.0 Å². The number of carbonyl (C=O) groups excluding carboxylic acids is 1. The molecule has 28 heavy (non-hydrogen) atoms. The Morgan fingerprint density at radius 3 is 2.50 bits per heavy atom. The van der Waals surface area contributed by atoms with Crippen LogP contribution in [0.3, 0.4) is 0 Å². The van der Waals surface area contributed by atoms with E-state index in [1.807, 2.05) is 25.1 Å². The number of rotatable bonds is 8. The second-order valence-corrected chi connectivity index (χ2v) is 6.39. The Kier molecular flexibility index (Phi) is 6.68. The molecule has 2 aromatic carbocycles. The smallest absolute Gasteiger partial charge is 0.270 e. The van der Waals surface area contributed by atoms with E-state index >= 15 is 0 Å². The molecule has 0 unspecified atom stereocenters. The van der Waals surface area contributed by atoms with E-state index in [1.165, 1.54) is 24.0 Å². The van der Waals surface area contributed by atoms with Gasteiger partial charge in [0.15, 0.2) is 0 Å². The maximum absolute atomic E-state index is 12.9. The summed E-state index contributed by atoms with van der Waals surface area (Å²) in [5.74, 6) is 0.198. The SMILES string of the molecule is CCN(Cc1ccccc1)c1cc(C(=O)NCCc2ccc(F)cc2)ncn1. The predicted molar refractivity (Wildman–Crippen MR) is 108 cm³/mol. The van der Waals surface area contributed by atoms with E-state index in [2.05, 4.69) is 32.3 Å². The van der Waals surface area contributed by atoms with Crippen LogP contribution in [0.1, 0.15) is 28.5 Å². The number of anilines is 1. The Hall–Kier alpha value is -3.28. The van der Waals surface area contributed by atoms with Gasteiger partial charge in [0.2, 0.25) is 0 Å². The first-order valence-electron chi connectivity index (χ1n) is 9.29. The number of nitrogens with zero attached hydrogens (tertiary/aromatic N) is 3. The van der Waals surface area contributed by atoms with Gasteiger partial charge in [-0.15, -0.1) is 0 Å². The van der Waals surface area contributed by atoms with Crippen molar-refractivity contribution in [1.82, 2.24) is 15.3 Å². The predicted octanol–water partition coefficient (Wildman–Crippen LogP) is 3.61. The molecule has 0 aliphatic carbocycles. The largest absolute Gasteiger partial charge is 0.352 e. The molecule has 3 rings (SSSR count). The first-order chi connectivity index (χ1) is 13.7. The fourth-order valence-electron chi connectivity index (χ4n) is 2.86. The van der Waals surface area contributed by atoms with E-state index in [1.54, 1.807) is 18.2 Å². The highest BCUT2D eigenvalue weighted by molar-refractivity contribution is 5.92. The Morgan fingerprint density at radius 1 is 1.04 bits per heavy atom. The number of benzene rings is 2. The number of amides is 1. The maximum atomic E-state index is 12.9. The molecule has 0 spiro atoms. The zero-order valence-corrected chi connectivity index (χ0v) is 15.8. The molecule has 6 heteroatoms. The van der Waals surface area contributed by atoms with Gasteiger partial charge < -0.3 is 10.2 Å². The summed E-state index contributed by atoms with van der Waals surface area (Å²) in [5.41, 5.74) is 2.47. The number of aromatic nitrogens is 2. The molecule has 0 aliphatic heterocycles. The van der Waals surface area contributed by atoms with Gasteiger partial charge in [-0.1, -0.05) is 42.5 Å². The highest BCUT2D eigenvalue weighted by Crippen LogP contribution is 2.15. The van der Waals surface area contributed by atoms with E-state index in [9.17, 15) is 9.18 Å². The van der Waals surface area contributed by atoms with Crippen molar-refractivity contribution in [2.24, 2.45) is 0 Å². The molecule has 0 radical (unpaired) electrons. The lowest BCUT2D eigenvalue weighted by Gasteiger charge is -2.22. The molecule has 1 heterocycles. The second-order valence-electron chi connectivity index (χ2n) is 6.39. The molecule has 0 bridgehead atoms. The van der Waals surface area contributed by atoms with E-state index in [4.69, 9.17) is 0 Å². The van der Waals surface area contributed by atoms with Crippen molar-refractivity contribution in [3.05, 3.63) is 89.6 Å². The van der Waals surface area contributed by atoms with Gasteiger partial charge in [0.25, 0.3) is 5.91 Å². The Bertz CT molecular complexity index is 900. The van der Waals surface area contributed by atoms with E-state index in [-0.39, 0.29) is 11.7 Å². The fourth-order valence-corrected chi connectivity index (χ4v) is 2.86. The summed E-state index contributed by atoms with van der Waals surface area (Å²) in [6.45, 7) is 3.97. The third-order valence-corrected chi connectivity index (χ3v) is 4.42. The average Bonchev–Trinajstić information content (AvgIpc) is 2.74. The van der Waals surface area contributed by atoms with Gasteiger partial charge in [-0.05, 0) is 36.6 Å². The highest BCUT2D eigenvalue weighted by Gasteiger charge is 2.12. The highest BCUT2D eigenvalue weighted by atomic mass is 19.1. The van der Waals surface area contributed by atoms with Crippen LogP contribution in [0.5, 0.6) is 0 Å². The van der Waals surface area contributed by atoms with Gasteiger partial charge in [0, 0.05) is 25.7 Å². The lowest BCUT2D eigenvalue weighted by molar-refractivity contribution is 0.0949. The van der Waals surface area contributed by atoms with Gasteiger partial charge in [-0.3, -0.25) is 4.79 Å². The molecular formula is C22H23FN4O. The van der Waals surface area contributed by atoms with Gasteiger partial charge in [-0.2, -0.15) is 0 Å². The number of halogens is 1. The van der Waals surface area contributed by atoms with Crippen LogP contribution in [-0.4, -0.2) is 29.0 Å². The van der Waals surface area contributed by atoms with Crippen LogP contribution >= 0.6 is 0 Å². The number of carbonyl (C=O) groups is 1. The van der Waals surface area contributed by atoms with Crippen molar-refractivity contribution in [3.8, 4) is 0 Å². The monoisotopic (exact) mass is 378 g/mol. The minimum atomic E-state index is -0.266. The van der Waals surface area contributed by atoms with E-state index in [0.29, 0.717) is 31.0 Å². The molecule has 0 atom stereocenters. The molecule has 0 aliphatic rings. The molecule has 0 saturated carbocycles. The second kappa shape index (κ2) is 9.60. The lowest BCUT2D eigenvalue weighted by Crippen LogP contribution is -2.28. The van der Waals surface area contributed by atoms with Crippen LogP contribution in [0.15, 0.2) is 67.0 Å². The summed E-state index contributed by atoms with van der Waals surface area (Å²) >= 11 is 0. The number of hydrogen-bond donors (Lipinski definition) is 1. The van der Waals surface area contributed by atoms with Crippen LogP contribution < -0.4 is 10.2 Å². The van der Waals surface area contributed by atoms with E-state index in [0.717, 1.165) is 12.1 Å². The Morgan fingerprint density at radius 2 is 1.79 bits per heavy atom. The quantitative estimate of drug-likeness (QED) is 0.651. The summed E-state index contributed by atoms with van der Waals surface area (Å²) in [6, 6.07) is 18.1. The zero-order valence-electron chi connectivity index (χ0n) is 15.8. The molecule has 144 valence electrons. The molecule has 1 amide bonds. The van der Waals surface area contributed by atoms with Gasteiger partial charge >= 0.3 is 0 Å². The molecule has 3 aromatic rings. The van der Waals surface area contributed by atoms with Crippen LogP contribution in [0, 0.1) is 5.82 Å². The molecule has 1 N–H and O–H groups in total. The van der Waals surface area contributed by atoms with Crippen LogP contribution in [0.2, 0.25) is 0 Å². The van der Waals surface area contributed by atoms with E-state index < -0.39 is 0 Å². The van der Waals surface area contributed by atoms with Gasteiger partial charge in [-0.25, -0.2) is 14.4 Å². The zero-order chi connectivity index (χ0) is 19.8. The van der Waals surface area contributed by atoms with Crippen LogP contribution in [0.4, 0.5) is 10.2 Å². The van der Waals surface area contributed by atoms with Crippen molar-refractivity contribution in [2.45, 2.75) is 19.9 Å². The summed E-state index contributed by atoms with van der Waals surface area (Å²) < 4.78 is 12.9. The average molecular weight is 378 g/mol. The fraction of sp³-hybridized carbons (Fsp3) is 0.227. The minimum Gasteiger partial charge on any atom is -0.352 e. The summed E-state index contributed by atoms with van der Waals surface area (Å²) in [7, 11) is 0. The van der Waals surface area contributed by atoms with Crippen LogP contribution in [0.25, 0.3) is 0 Å². The Labute approximate surface area is 164 Å². The van der Waals surface area contributed by atoms with Gasteiger partial charge in [0.1, 0.15) is 23.7 Å². The van der Waals surface area contributed by atoms with Crippen molar-refractivity contribution in [3.63, 3.8) is 0 Å². The Balaban J connectivity index is 1.61. The standard InChI is InChI=1S/C22H23FN4O/c1-2-27(15-18-6-4-3-5-7-18)21-14-20(25-16-26-21)22(28)24-13-12-17-8-10-19(23)11-9-17/h3-11,14,16H,2,12-13,15H2,1H3,(H,24,28). The normalized spacial score (nSPS) is 10.5. The molecule has 0 saturated heterocycles. The minimum absolute atomic E-state index is 0.249. The topological polar surface area (TPSA) is 58.1 Å². The summed E-state index contributed by atoms with van der Waals surface area (Å²) in [6.07, 6.45) is 2.04. The number of nitrogens with one attached hydrogen (secondary N) is 1. The summed E-state index contributed by atoms with van der Waals surface area (Å²) in [4.78, 5) is 22.9. The van der Waals surface area contributed by atoms with Crippen LogP contribution in [-0.2, 0) is 13.0 Å². The molecule has 1 aromatic heterocycles. The first kappa shape index (κ1) is 19.5. The molecule has 0 fully saturated rings. The number of hydrogen-bond acceptors (Lipinski definition) is 4. The lowest BCUT2D eigenvalue weighted by atomic mass is 10.1. The molecular weight excluding hydrogens is 355 g/mol. The van der Waals surface area contributed by atoms with Crippen molar-refractivity contribution >= 4 is 11.7 Å².